The summed E-state index contributed by atoms with van der Waals surface area (Å²) in [5.74, 6) is -0.802. The monoisotopic (exact) mass is 392 g/mol. The van der Waals surface area contributed by atoms with Crippen molar-refractivity contribution in [2.75, 3.05) is 13.2 Å². The zero-order valence-corrected chi connectivity index (χ0v) is 16.8. The van der Waals surface area contributed by atoms with Gasteiger partial charge in [0.2, 0.25) is 5.91 Å². The molecule has 0 radical (unpaired) electrons. The van der Waals surface area contributed by atoms with Gasteiger partial charge in [-0.05, 0) is 43.4 Å². The molecule has 2 N–H and O–H groups in total. The first kappa shape index (κ1) is 20.6. The number of benzene rings is 2. The summed E-state index contributed by atoms with van der Waals surface area (Å²) in [6.45, 7) is 2.63. The van der Waals surface area contributed by atoms with Crippen molar-refractivity contribution in [3.05, 3.63) is 71.9 Å². The van der Waals surface area contributed by atoms with Gasteiger partial charge in [-0.3, -0.25) is 9.59 Å². The van der Waals surface area contributed by atoms with Crippen molar-refractivity contribution < 1.29 is 14.3 Å². The molecule has 0 saturated heterocycles. The quantitative estimate of drug-likeness (QED) is 0.512. The highest BCUT2D eigenvalue weighted by molar-refractivity contribution is 5.84. The predicted molar refractivity (Wildman–Crippen MR) is 115 cm³/mol. The highest BCUT2D eigenvalue weighted by atomic mass is 16.5. The summed E-state index contributed by atoms with van der Waals surface area (Å²) >= 11 is 0. The van der Waals surface area contributed by atoms with Crippen LogP contribution in [0.5, 0.6) is 0 Å². The molecule has 1 heterocycles. The molecule has 1 unspecified atom stereocenters. The average molecular weight is 392 g/mol. The number of para-hydroxylation sites is 1. The van der Waals surface area contributed by atoms with Crippen LogP contribution in [0.15, 0.2) is 60.8 Å². The number of fused-ring (bicyclic) bond motifs is 1. The van der Waals surface area contributed by atoms with E-state index in [-0.39, 0.29) is 18.3 Å². The van der Waals surface area contributed by atoms with E-state index in [4.69, 9.17) is 4.74 Å². The number of H-pyrrole nitrogens is 1. The van der Waals surface area contributed by atoms with Crippen molar-refractivity contribution in [3.63, 3.8) is 0 Å². The normalized spacial score (nSPS) is 11.9. The van der Waals surface area contributed by atoms with E-state index in [0.717, 1.165) is 23.9 Å². The summed E-state index contributed by atoms with van der Waals surface area (Å²) in [5, 5.41) is 4.18. The lowest BCUT2D eigenvalue weighted by Gasteiger charge is -2.16. The second-order valence-electron chi connectivity index (χ2n) is 7.13. The number of hydrogen-bond donors (Lipinski definition) is 2. The maximum Gasteiger partial charge on any atom is 0.306 e. The fourth-order valence-corrected chi connectivity index (χ4v) is 3.54. The van der Waals surface area contributed by atoms with Gasteiger partial charge in [-0.25, -0.2) is 0 Å². The molecular formula is C24H28N2O3. The summed E-state index contributed by atoms with van der Waals surface area (Å²) < 4.78 is 5.06. The Labute approximate surface area is 171 Å². The van der Waals surface area contributed by atoms with Gasteiger partial charge in [0.25, 0.3) is 0 Å². The number of hydrogen-bond acceptors (Lipinski definition) is 3. The van der Waals surface area contributed by atoms with Gasteiger partial charge < -0.3 is 15.0 Å². The van der Waals surface area contributed by atoms with Gasteiger partial charge in [-0.1, -0.05) is 48.5 Å². The summed E-state index contributed by atoms with van der Waals surface area (Å²) in [5.41, 5.74) is 3.43. The minimum atomic E-state index is -0.391. The van der Waals surface area contributed by atoms with Gasteiger partial charge in [0, 0.05) is 29.6 Å². The zero-order valence-electron chi connectivity index (χ0n) is 16.8. The zero-order chi connectivity index (χ0) is 20.5. The average Bonchev–Trinajstić information content (AvgIpc) is 3.15. The predicted octanol–water partition coefficient (Wildman–Crippen LogP) is 4.03. The molecule has 5 nitrogen and oxygen atoms in total. The van der Waals surface area contributed by atoms with Crippen LogP contribution < -0.4 is 5.32 Å². The molecule has 2 aromatic carbocycles. The maximum atomic E-state index is 12.8. The molecule has 0 saturated carbocycles. The van der Waals surface area contributed by atoms with Crippen molar-refractivity contribution >= 4 is 22.8 Å². The van der Waals surface area contributed by atoms with Crippen LogP contribution >= 0.6 is 0 Å². The highest BCUT2D eigenvalue weighted by Gasteiger charge is 2.22. The van der Waals surface area contributed by atoms with Crippen LogP contribution in [0.3, 0.4) is 0 Å². The van der Waals surface area contributed by atoms with Gasteiger partial charge in [-0.2, -0.15) is 0 Å². The number of carbonyl (C=O) groups is 2. The molecule has 0 aliphatic carbocycles. The number of aryl methyl sites for hydroxylation is 1. The van der Waals surface area contributed by atoms with Crippen LogP contribution in [-0.4, -0.2) is 30.0 Å². The molecular weight excluding hydrogens is 364 g/mol. The number of amides is 1. The van der Waals surface area contributed by atoms with E-state index in [0.29, 0.717) is 19.6 Å². The van der Waals surface area contributed by atoms with Crippen LogP contribution in [0.2, 0.25) is 0 Å². The molecule has 1 atom stereocenters. The molecule has 0 aliphatic rings. The van der Waals surface area contributed by atoms with E-state index in [1.165, 1.54) is 10.9 Å². The smallest absolute Gasteiger partial charge is 0.306 e. The van der Waals surface area contributed by atoms with Crippen molar-refractivity contribution in [2.45, 2.75) is 32.6 Å². The Hall–Kier alpha value is -3.08. The van der Waals surface area contributed by atoms with Crippen LogP contribution in [-0.2, 0) is 27.2 Å². The maximum absolute atomic E-state index is 12.8. The third-order valence-corrected chi connectivity index (χ3v) is 5.08. The second kappa shape index (κ2) is 10.5. The van der Waals surface area contributed by atoms with E-state index in [9.17, 15) is 9.59 Å². The largest absolute Gasteiger partial charge is 0.466 e. The first-order valence-corrected chi connectivity index (χ1v) is 10.2. The number of aromatic amines is 1. The van der Waals surface area contributed by atoms with Crippen molar-refractivity contribution in [1.82, 2.24) is 10.3 Å². The summed E-state index contributed by atoms with van der Waals surface area (Å²) in [6.07, 6.45) is 4.20. The lowest BCUT2D eigenvalue weighted by Crippen LogP contribution is -2.34. The van der Waals surface area contributed by atoms with Crippen molar-refractivity contribution in [3.8, 4) is 0 Å². The molecule has 1 aromatic heterocycles. The lowest BCUT2D eigenvalue weighted by atomic mass is 9.95. The lowest BCUT2D eigenvalue weighted by molar-refractivity contribution is -0.146. The summed E-state index contributed by atoms with van der Waals surface area (Å²) in [4.78, 5) is 28.0. The van der Waals surface area contributed by atoms with Crippen molar-refractivity contribution in [1.29, 1.82) is 0 Å². The number of aromatic nitrogens is 1. The topological polar surface area (TPSA) is 71.2 Å². The molecule has 152 valence electrons. The van der Waals surface area contributed by atoms with E-state index in [1.54, 1.807) is 6.92 Å². The van der Waals surface area contributed by atoms with Crippen LogP contribution in [0.4, 0.5) is 0 Å². The number of esters is 1. The molecule has 5 heteroatoms. The Morgan fingerprint density at radius 2 is 1.79 bits per heavy atom. The van der Waals surface area contributed by atoms with Gasteiger partial charge in [0.1, 0.15) is 0 Å². The minimum Gasteiger partial charge on any atom is -0.466 e. The van der Waals surface area contributed by atoms with E-state index >= 15 is 0 Å². The summed E-state index contributed by atoms with van der Waals surface area (Å²) in [7, 11) is 0. The molecule has 1 amide bonds. The standard InChI is InChI=1S/C24H28N2O3/c1-2-29-23(27)16-19(13-12-18-8-4-3-5-9-18)24(28)25-15-14-20-17-26-22-11-7-6-10-21(20)22/h3-11,17,19,26H,2,12-16H2,1H3,(H,25,28). The van der Waals surface area contributed by atoms with E-state index in [1.807, 2.05) is 54.7 Å². The Kier molecular flexibility index (Phi) is 7.45. The van der Waals surface area contributed by atoms with Crippen LogP contribution in [0.1, 0.15) is 30.9 Å². The van der Waals surface area contributed by atoms with Crippen LogP contribution in [0.25, 0.3) is 10.9 Å². The first-order chi connectivity index (χ1) is 14.2. The number of rotatable bonds is 10. The molecule has 29 heavy (non-hydrogen) atoms. The third-order valence-electron chi connectivity index (χ3n) is 5.08. The van der Waals surface area contributed by atoms with Crippen molar-refractivity contribution in [2.24, 2.45) is 5.92 Å². The number of ether oxygens (including phenoxy) is 1. The van der Waals surface area contributed by atoms with Gasteiger partial charge in [-0.15, -0.1) is 0 Å². The summed E-state index contributed by atoms with van der Waals surface area (Å²) in [6, 6.07) is 18.1. The van der Waals surface area contributed by atoms with Gasteiger partial charge >= 0.3 is 5.97 Å². The molecule has 3 rings (SSSR count). The second-order valence-corrected chi connectivity index (χ2v) is 7.13. The fraction of sp³-hybridized carbons (Fsp3) is 0.333. The Morgan fingerprint density at radius 1 is 1.03 bits per heavy atom. The van der Waals surface area contributed by atoms with Gasteiger partial charge in [0.15, 0.2) is 0 Å². The van der Waals surface area contributed by atoms with Crippen LogP contribution in [0, 0.1) is 5.92 Å². The molecule has 0 aliphatic heterocycles. The third kappa shape index (κ3) is 5.95. The minimum absolute atomic E-state index is 0.0891. The van der Waals surface area contributed by atoms with Gasteiger partial charge in [0.05, 0.1) is 13.0 Å². The SMILES string of the molecule is CCOC(=O)CC(CCc1ccccc1)C(=O)NCCc1c[nH]c2ccccc12. The Balaban J connectivity index is 1.56. The molecule has 3 aromatic rings. The molecule has 0 spiro atoms. The first-order valence-electron chi connectivity index (χ1n) is 10.2. The van der Waals surface area contributed by atoms with E-state index < -0.39 is 5.92 Å². The number of carbonyl (C=O) groups excluding carboxylic acids is 2. The molecule has 0 bridgehead atoms. The number of nitrogens with one attached hydrogen (secondary N) is 2. The molecule has 0 fully saturated rings. The highest BCUT2D eigenvalue weighted by Crippen LogP contribution is 2.18. The Bertz CT molecular complexity index is 933. The fourth-order valence-electron chi connectivity index (χ4n) is 3.54. The Morgan fingerprint density at radius 3 is 2.59 bits per heavy atom. The van der Waals surface area contributed by atoms with E-state index in [2.05, 4.69) is 16.4 Å².